The number of rotatable bonds is 3. The van der Waals surface area contributed by atoms with Crippen molar-refractivity contribution < 1.29 is 14.3 Å². The zero-order chi connectivity index (χ0) is 20.1. The molecule has 2 aliphatic rings. The van der Waals surface area contributed by atoms with Crippen molar-refractivity contribution in [1.82, 2.24) is 14.8 Å². The summed E-state index contributed by atoms with van der Waals surface area (Å²) in [7, 11) is 0. The molecular formula is C21H25N5O3. The van der Waals surface area contributed by atoms with Gasteiger partial charge in [0.2, 0.25) is 0 Å². The molecule has 1 N–H and O–H groups in total. The van der Waals surface area contributed by atoms with Crippen molar-refractivity contribution in [3.8, 4) is 0 Å². The van der Waals surface area contributed by atoms with Crippen LogP contribution in [0.25, 0.3) is 0 Å². The van der Waals surface area contributed by atoms with Crippen LogP contribution >= 0.6 is 0 Å². The van der Waals surface area contributed by atoms with Crippen molar-refractivity contribution in [3.05, 3.63) is 54.2 Å². The first kappa shape index (κ1) is 19.2. The van der Waals surface area contributed by atoms with E-state index in [4.69, 9.17) is 4.74 Å². The third kappa shape index (κ3) is 4.65. The molecule has 1 aromatic heterocycles. The van der Waals surface area contributed by atoms with E-state index < -0.39 is 0 Å². The lowest BCUT2D eigenvalue weighted by Crippen LogP contribution is -2.50. The molecule has 8 nitrogen and oxygen atoms in total. The van der Waals surface area contributed by atoms with Crippen LogP contribution in [0.4, 0.5) is 16.3 Å². The molecular weight excluding hydrogens is 370 g/mol. The molecule has 3 heterocycles. The predicted molar refractivity (Wildman–Crippen MR) is 110 cm³/mol. The second-order valence-corrected chi connectivity index (χ2v) is 7.08. The Bertz CT molecular complexity index is 846. The highest BCUT2D eigenvalue weighted by molar-refractivity contribution is 5.97. The fourth-order valence-electron chi connectivity index (χ4n) is 3.56. The van der Waals surface area contributed by atoms with Gasteiger partial charge in [-0.1, -0.05) is 12.1 Å². The number of hydrogen-bond donors (Lipinski definition) is 1. The van der Waals surface area contributed by atoms with E-state index in [1.807, 2.05) is 18.2 Å². The summed E-state index contributed by atoms with van der Waals surface area (Å²) in [5.41, 5.74) is 1.20. The van der Waals surface area contributed by atoms with E-state index in [0.717, 1.165) is 18.9 Å². The molecule has 2 aromatic rings. The molecule has 0 saturated carbocycles. The van der Waals surface area contributed by atoms with Crippen molar-refractivity contribution in [2.75, 3.05) is 62.7 Å². The summed E-state index contributed by atoms with van der Waals surface area (Å²) in [6, 6.07) is 12.8. The minimum atomic E-state index is -0.151. The Kier molecular flexibility index (Phi) is 5.90. The maximum absolute atomic E-state index is 12.7. The van der Waals surface area contributed by atoms with Crippen LogP contribution in [0.3, 0.4) is 0 Å². The highest BCUT2D eigenvalue weighted by Gasteiger charge is 2.23. The number of urea groups is 1. The first-order valence-corrected chi connectivity index (χ1v) is 9.90. The zero-order valence-electron chi connectivity index (χ0n) is 16.3. The summed E-state index contributed by atoms with van der Waals surface area (Å²) in [6.45, 7) is 5.02. The van der Waals surface area contributed by atoms with Crippen LogP contribution in [-0.4, -0.2) is 79.2 Å². The molecule has 29 heavy (non-hydrogen) atoms. The van der Waals surface area contributed by atoms with E-state index in [-0.39, 0.29) is 11.9 Å². The molecule has 0 atom stereocenters. The molecule has 0 bridgehead atoms. The van der Waals surface area contributed by atoms with Gasteiger partial charge in [0.25, 0.3) is 5.91 Å². The average Bonchev–Trinajstić information content (AvgIpc) is 2.80. The van der Waals surface area contributed by atoms with Crippen molar-refractivity contribution in [2.24, 2.45) is 0 Å². The number of benzene rings is 1. The van der Waals surface area contributed by atoms with Gasteiger partial charge in [-0.05, 0) is 30.3 Å². The second kappa shape index (κ2) is 8.91. The monoisotopic (exact) mass is 395 g/mol. The number of anilines is 2. The summed E-state index contributed by atoms with van der Waals surface area (Å²) < 4.78 is 5.30. The average molecular weight is 395 g/mol. The first-order chi connectivity index (χ1) is 14.2. The van der Waals surface area contributed by atoms with Gasteiger partial charge in [-0.25, -0.2) is 9.78 Å². The number of piperazine rings is 1. The van der Waals surface area contributed by atoms with Gasteiger partial charge in [0.1, 0.15) is 5.82 Å². The molecule has 0 unspecified atom stereocenters. The Labute approximate surface area is 170 Å². The Hall–Kier alpha value is -3.13. The quantitative estimate of drug-likeness (QED) is 0.859. The summed E-state index contributed by atoms with van der Waals surface area (Å²) in [5.74, 6) is 0.898. The number of aromatic nitrogens is 1. The fourth-order valence-corrected chi connectivity index (χ4v) is 3.56. The molecule has 1 aromatic carbocycles. The standard InChI is InChI=1S/C21H25N5O3/c27-20(25-12-14-29-15-13-25)17-4-3-5-18(16-17)23-21(28)26-10-8-24(9-11-26)19-6-1-2-7-22-19/h1-7,16H,8-15H2,(H,23,28). The van der Waals surface area contributed by atoms with E-state index >= 15 is 0 Å². The van der Waals surface area contributed by atoms with Gasteiger partial charge in [-0.2, -0.15) is 0 Å². The minimum Gasteiger partial charge on any atom is -0.378 e. The molecule has 2 aliphatic heterocycles. The second-order valence-electron chi connectivity index (χ2n) is 7.08. The van der Waals surface area contributed by atoms with E-state index in [1.54, 1.807) is 40.3 Å². The van der Waals surface area contributed by atoms with Crippen LogP contribution in [0, 0.1) is 0 Å². The van der Waals surface area contributed by atoms with E-state index in [1.165, 1.54) is 0 Å². The first-order valence-electron chi connectivity index (χ1n) is 9.90. The lowest BCUT2D eigenvalue weighted by molar-refractivity contribution is 0.0303. The highest BCUT2D eigenvalue weighted by Crippen LogP contribution is 2.16. The molecule has 2 fully saturated rings. The number of carbonyl (C=O) groups excluding carboxylic acids is 2. The zero-order valence-corrected chi connectivity index (χ0v) is 16.3. The number of hydrogen-bond acceptors (Lipinski definition) is 5. The number of pyridine rings is 1. The molecule has 0 spiro atoms. The normalized spacial score (nSPS) is 17.2. The Morgan fingerprint density at radius 2 is 1.69 bits per heavy atom. The largest absolute Gasteiger partial charge is 0.378 e. The van der Waals surface area contributed by atoms with E-state index in [2.05, 4.69) is 15.2 Å². The van der Waals surface area contributed by atoms with Gasteiger partial charge in [-0.15, -0.1) is 0 Å². The minimum absolute atomic E-state index is 0.0339. The molecule has 0 radical (unpaired) electrons. The van der Waals surface area contributed by atoms with Gasteiger partial charge >= 0.3 is 6.03 Å². The number of ether oxygens (including phenoxy) is 1. The summed E-state index contributed by atoms with van der Waals surface area (Å²) in [4.78, 5) is 35.4. The smallest absolute Gasteiger partial charge is 0.321 e. The predicted octanol–water partition coefficient (Wildman–Crippen LogP) is 1.91. The molecule has 2 saturated heterocycles. The molecule has 3 amide bonds. The Morgan fingerprint density at radius 1 is 0.897 bits per heavy atom. The lowest BCUT2D eigenvalue weighted by atomic mass is 10.1. The molecule has 0 aliphatic carbocycles. The van der Waals surface area contributed by atoms with Crippen LogP contribution in [0.1, 0.15) is 10.4 Å². The number of nitrogens with one attached hydrogen (secondary N) is 1. The highest BCUT2D eigenvalue weighted by atomic mass is 16.5. The van der Waals surface area contributed by atoms with Gasteiger partial charge in [0.05, 0.1) is 13.2 Å². The third-order valence-corrected chi connectivity index (χ3v) is 5.20. The van der Waals surface area contributed by atoms with Gasteiger partial charge < -0.3 is 24.8 Å². The van der Waals surface area contributed by atoms with Crippen molar-refractivity contribution >= 4 is 23.4 Å². The summed E-state index contributed by atoms with van der Waals surface area (Å²) >= 11 is 0. The van der Waals surface area contributed by atoms with Crippen LogP contribution in [-0.2, 0) is 4.74 Å². The van der Waals surface area contributed by atoms with Gasteiger partial charge in [-0.3, -0.25) is 4.79 Å². The molecule has 4 rings (SSSR count). The number of amides is 3. The lowest BCUT2D eigenvalue weighted by Gasteiger charge is -2.35. The van der Waals surface area contributed by atoms with Crippen LogP contribution < -0.4 is 10.2 Å². The number of carbonyl (C=O) groups is 2. The third-order valence-electron chi connectivity index (χ3n) is 5.20. The number of nitrogens with zero attached hydrogens (tertiary/aromatic N) is 4. The van der Waals surface area contributed by atoms with E-state index in [9.17, 15) is 9.59 Å². The van der Waals surface area contributed by atoms with Crippen molar-refractivity contribution in [2.45, 2.75) is 0 Å². The van der Waals surface area contributed by atoms with Crippen LogP contribution in [0.5, 0.6) is 0 Å². The molecule has 8 heteroatoms. The Balaban J connectivity index is 1.33. The van der Waals surface area contributed by atoms with Crippen molar-refractivity contribution in [3.63, 3.8) is 0 Å². The maximum Gasteiger partial charge on any atom is 0.321 e. The van der Waals surface area contributed by atoms with Gasteiger partial charge in [0, 0.05) is 56.7 Å². The van der Waals surface area contributed by atoms with Gasteiger partial charge in [0.15, 0.2) is 0 Å². The maximum atomic E-state index is 12.7. The molecule has 152 valence electrons. The van der Waals surface area contributed by atoms with Crippen LogP contribution in [0.2, 0.25) is 0 Å². The Morgan fingerprint density at radius 3 is 2.41 bits per heavy atom. The summed E-state index contributed by atoms with van der Waals surface area (Å²) in [6.07, 6.45) is 1.78. The number of morpholine rings is 1. The van der Waals surface area contributed by atoms with Crippen molar-refractivity contribution in [1.29, 1.82) is 0 Å². The van der Waals surface area contributed by atoms with E-state index in [0.29, 0.717) is 50.6 Å². The topological polar surface area (TPSA) is 78.0 Å². The SMILES string of the molecule is O=C(Nc1cccc(C(=O)N2CCOCC2)c1)N1CCN(c2ccccn2)CC1. The summed E-state index contributed by atoms with van der Waals surface area (Å²) in [5, 5.41) is 2.92. The van der Waals surface area contributed by atoms with Crippen LogP contribution in [0.15, 0.2) is 48.7 Å². The fraction of sp³-hybridized carbons (Fsp3) is 0.381.